The second kappa shape index (κ2) is 13.2. The fraction of sp³-hybridized carbons (Fsp3) is 0.400. The summed E-state index contributed by atoms with van der Waals surface area (Å²) in [6.45, 7) is 10.5. The molecule has 6 unspecified atom stereocenters. The fourth-order valence-electron chi connectivity index (χ4n) is 8.53. The first kappa shape index (κ1) is 30.3. The zero-order valence-corrected chi connectivity index (χ0v) is 28.8. The van der Waals surface area contributed by atoms with Gasteiger partial charge in [0.1, 0.15) is 21.2 Å². The van der Waals surface area contributed by atoms with E-state index in [1.54, 1.807) is 0 Å². The van der Waals surface area contributed by atoms with Gasteiger partial charge in [-0.25, -0.2) is 9.05 Å². The zero-order valence-electron chi connectivity index (χ0n) is 26.8. The van der Waals surface area contributed by atoms with E-state index in [2.05, 4.69) is 125 Å². The maximum Gasteiger partial charge on any atom is 0.197 e. The molecule has 7 rings (SSSR count). The van der Waals surface area contributed by atoms with Crippen LogP contribution in [0.3, 0.4) is 0 Å². The lowest BCUT2D eigenvalue weighted by Gasteiger charge is -2.31. The zero-order chi connectivity index (χ0) is 30.2. The van der Waals surface area contributed by atoms with Crippen molar-refractivity contribution in [3.05, 3.63) is 119 Å². The molecule has 0 aromatic heterocycles. The highest BCUT2D eigenvalue weighted by molar-refractivity contribution is 7.68. The van der Waals surface area contributed by atoms with Crippen molar-refractivity contribution in [1.29, 1.82) is 0 Å². The average Bonchev–Trinajstić information content (AvgIpc) is 3.73. The lowest BCUT2D eigenvalue weighted by Crippen LogP contribution is -2.28. The van der Waals surface area contributed by atoms with Crippen molar-refractivity contribution in [2.45, 2.75) is 53.4 Å². The summed E-state index contributed by atoms with van der Waals surface area (Å²) < 4.78 is 13.9. The van der Waals surface area contributed by atoms with Crippen LogP contribution in [0.4, 0.5) is 0 Å². The summed E-state index contributed by atoms with van der Waals surface area (Å²) in [5.41, 5.74) is 5.23. The van der Waals surface area contributed by atoms with E-state index < -0.39 is 16.3 Å². The standard InChI is InChI=1S/C40H46O2P2/c1-27-5-13-34(14-6-27)43(35-15-7-28(2)8-16-35)41-25-31-21-38-32-23-33(39(24-32)40(38)22-31)26-42-44(36-17-9-29(3)10-18-36)37-19-11-30(4)12-20-37/h5-20,31-33,38-40H,21-26H2,1-4H3/p+2. The van der Waals surface area contributed by atoms with Crippen LogP contribution >= 0.6 is 16.3 Å². The average molecular weight is 623 g/mol. The highest BCUT2D eigenvalue weighted by Gasteiger charge is 2.56. The molecule has 2 bridgehead atoms. The Morgan fingerprint density at radius 2 is 0.841 bits per heavy atom. The number of aryl methyl sites for hydroxylation is 4. The van der Waals surface area contributed by atoms with Gasteiger partial charge in [0.25, 0.3) is 0 Å². The van der Waals surface area contributed by atoms with Crippen molar-refractivity contribution in [3.63, 3.8) is 0 Å². The van der Waals surface area contributed by atoms with Gasteiger partial charge in [0.05, 0.1) is 13.2 Å². The van der Waals surface area contributed by atoms with Gasteiger partial charge in [-0.15, -0.1) is 0 Å². The molecule has 2 nitrogen and oxygen atoms in total. The largest absolute Gasteiger partial charge is 0.229 e. The quantitative estimate of drug-likeness (QED) is 0.166. The summed E-state index contributed by atoms with van der Waals surface area (Å²) >= 11 is 0. The van der Waals surface area contributed by atoms with Crippen LogP contribution in [-0.4, -0.2) is 13.2 Å². The second-order valence-electron chi connectivity index (χ2n) is 14.1. The maximum atomic E-state index is 6.98. The van der Waals surface area contributed by atoms with Crippen molar-refractivity contribution >= 4 is 37.5 Å². The summed E-state index contributed by atoms with van der Waals surface area (Å²) in [4.78, 5) is 0. The van der Waals surface area contributed by atoms with Gasteiger partial charge in [-0.05, 0) is 137 Å². The second-order valence-corrected chi connectivity index (χ2v) is 18.3. The molecule has 44 heavy (non-hydrogen) atoms. The van der Waals surface area contributed by atoms with Crippen molar-refractivity contribution in [1.82, 2.24) is 0 Å². The molecule has 0 radical (unpaired) electrons. The Morgan fingerprint density at radius 3 is 1.27 bits per heavy atom. The van der Waals surface area contributed by atoms with E-state index in [1.807, 2.05) is 0 Å². The van der Waals surface area contributed by atoms with Gasteiger partial charge in [0.2, 0.25) is 0 Å². The van der Waals surface area contributed by atoms with Crippen LogP contribution in [0.15, 0.2) is 97.1 Å². The van der Waals surface area contributed by atoms with E-state index in [9.17, 15) is 0 Å². The normalized spacial score (nSPS) is 25.7. The molecule has 0 amide bonds. The molecule has 3 saturated carbocycles. The van der Waals surface area contributed by atoms with Crippen LogP contribution in [0.2, 0.25) is 0 Å². The Morgan fingerprint density at radius 1 is 0.455 bits per heavy atom. The van der Waals surface area contributed by atoms with Crippen LogP contribution in [-0.2, 0) is 9.05 Å². The Hall–Kier alpha value is -2.34. The smallest absolute Gasteiger partial charge is 0.197 e. The summed E-state index contributed by atoms with van der Waals surface area (Å²) in [5.74, 6) is 4.87. The minimum Gasteiger partial charge on any atom is -0.229 e. The topological polar surface area (TPSA) is 18.5 Å². The summed E-state index contributed by atoms with van der Waals surface area (Å²) in [5, 5.41) is 5.45. The molecular weight excluding hydrogens is 574 g/mol. The predicted octanol–water partition coefficient (Wildman–Crippen LogP) is 8.11. The predicted molar refractivity (Wildman–Crippen MR) is 191 cm³/mol. The lowest BCUT2D eigenvalue weighted by molar-refractivity contribution is 0.140. The van der Waals surface area contributed by atoms with Gasteiger partial charge in [-0.1, -0.05) is 70.8 Å². The number of hydrogen-bond donors (Lipinski definition) is 0. The molecule has 4 aromatic rings. The van der Waals surface area contributed by atoms with E-state index in [-0.39, 0.29) is 0 Å². The maximum absolute atomic E-state index is 6.98. The highest BCUT2D eigenvalue weighted by atomic mass is 31.1. The molecule has 0 heterocycles. The van der Waals surface area contributed by atoms with Crippen molar-refractivity contribution in [2.75, 3.05) is 13.2 Å². The van der Waals surface area contributed by atoms with Gasteiger partial charge in [-0.3, -0.25) is 0 Å². The summed E-state index contributed by atoms with van der Waals surface area (Å²) in [6, 6.07) is 36.3. The number of fused-ring (bicyclic) bond motifs is 5. The van der Waals surface area contributed by atoms with Crippen LogP contribution < -0.4 is 21.2 Å². The molecule has 228 valence electrons. The van der Waals surface area contributed by atoms with Gasteiger partial charge >= 0.3 is 0 Å². The van der Waals surface area contributed by atoms with Crippen LogP contribution in [0.25, 0.3) is 0 Å². The van der Waals surface area contributed by atoms with Crippen molar-refractivity contribution < 1.29 is 9.05 Å². The summed E-state index contributed by atoms with van der Waals surface area (Å²) in [6.07, 6.45) is 5.49. The highest BCUT2D eigenvalue weighted by Crippen LogP contribution is 2.62. The SMILES string of the molecule is Cc1ccc([PH+](OCC2CC3C4CC(CO[PH+](c5ccc(C)cc5)c5ccc(C)cc5)C(C4)C3C2)c2ccc(C)cc2)cc1. The Balaban J connectivity index is 1.00. The Labute approximate surface area is 267 Å². The fourth-order valence-corrected chi connectivity index (χ4v) is 12.5. The van der Waals surface area contributed by atoms with Gasteiger partial charge in [-0.2, -0.15) is 0 Å². The molecule has 6 atom stereocenters. The van der Waals surface area contributed by atoms with Gasteiger partial charge < -0.3 is 0 Å². The van der Waals surface area contributed by atoms with Crippen LogP contribution in [0.1, 0.15) is 47.9 Å². The molecule has 3 aliphatic rings. The van der Waals surface area contributed by atoms with Gasteiger partial charge in [0.15, 0.2) is 16.3 Å². The van der Waals surface area contributed by atoms with E-state index in [0.717, 1.165) is 36.9 Å². The third-order valence-corrected chi connectivity index (χ3v) is 15.2. The first-order valence-electron chi connectivity index (χ1n) is 16.7. The van der Waals surface area contributed by atoms with E-state index in [4.69, 9.17) is 9.05 Å². The molecule has 3 aliphatic carbocycles. The van der Waals surface area contributed by atoms with E-state index >= 15 is 0 Å². The molecule has 4 aromatic carbocycles. The van der Waals surface area contributed by atoms with Crippen molar-refractivity contribution in [2.24, 2.45) is 35.5 Å². The molecular formula is C40H48O2P2+2. The molecule has 3 fully saturated rings. The lowest BCUT2D eigenvalue weighted by atomic mass is 9.76. The monoisotopic (exact) mass is 622 g/mol. The minimum atomic E-state index is -1.26. The Bertz CT molecular complexity index is 1440. The third-order valence-electron chi connectivity index (χ3n) is 10.9. The summed E-state index contributed by atoms with van der Waals surface area (Å²) in [7, 11) is -2.52. The number of rotatable bonds is 10. The van der Waals surface area contributed by atoms with E-state index in [0.29, 0.717) is 11.8 Å². The molecule has 0 aliphatic heterocycles. The molecule has 0 saturated heterocycles. The molecule has 0 spiro atoms. The van der Waals surface area contributed by atoms with Crippen LogP contribution in [0.5, 0.6) is 0 Å². The molecule has 0 N–H and O–H groups in total. The first-order chi connectivity index (χ1) is 21.4. The Kier molecular flexibility index (Phi) is 9.08. The van der Waals surface area contributed by atoms with Crippen molar-refractivity contribution in [3.8, 4) is 0 Å². The first-order valence-corrected chi connectivity index (χ1v) is 19.5. The van der Waals surface area contributed by atoms with E-state index in [1.165, 1.54) is 69.2 Å². The minimum absolute atomic E-state index is 0.686. The third kappa shape index (κ3) is 6.48. The number of benzene rings is 4. The molecule has 4 heteroatoms. The van der Waals surface area contributed by atoms with Crippen LogP contribution in [0, 0.1) is 63.2 Å². The van der Waals surface area contributed by atoms with Gasteiger partial charge in [0, 0.05) is 0 Å². The number of hydrogen-bond acceptors (Lipinski definition) is 2.